The third-order valence-electron chi connectivity index (χ3n) is 2.26. The van der Waals surface area contributed by atoms with E-state index in [1.165, 1.54) is 0 Å². The summed E-state index contributed by atoms with van der Waals surface area (Å²) in [6, 6.07) is 6.10. The summed E-state index contributed by atoms with van der Waals surface area (Å²) in [4.78, 5) is 6.31. The second kappa shape index (κ2) is 3.99. The van der Waals surface area contributed by atoms with Gasteiger partial charge in [0.2, 0.25) is 0 Å². The van der Waals surface area contributed by atoms with Gasteiger partial charge in [-0.1, -0.05) is 11.6 Å². The van der Waals surface area contributed by atoms with Crippen molar-refractivity contribution in [3.63, 3.8) is 0 Å². The van der Waals surface area contributed by atoms with Crippen LogP contribution in [0.2, 0.25) is 5.02 Å². The van der Waals surface area contributed by atoms with Gasteiger partial charge in [-0.3, -0.25) is 4.98 Å². The lowest BCUT2D eigenvalue weighted by Gasteiger charge is -2.13. The molecule has 15 heavy (non-hydrogen) atoms. The lowest BCUT2D eigenvalue weighted by molar-refractivity contribution is 1.13. The van der Waals surface area contributed by atoms with Gasteiger partial charge in [-0.25, -0.2) is 0 Å². The zero-order chi connectivity index (χ0) is 11.0. The third-order valence-corrected chi connectivity index (χ3v) is 3.63. The van der Waals surface area contributed by atoms with Crippen LogP contribution in [0.25, 0.3) is 10.9 Å². The fourth-order valence-electron chi connectivity index (χ4n) is 1.40. The maximum absolute atomic E-state index is 6.00. The Kier molecular flexibility index (Phi) is 2.85. The minimum Gasteiger partial charge on any atom is -0.378 e. The average Bonchev–Trinajstić information content (AvgIpc) is 2.23. The number of anilines is 1. The zero-order valence-electron chi connectivity index (χ0n) is 8.46. The number of pyridine rings is 1. The predicted molar refractivity (Wildman–Crippen MR) is 68.8 cm³/mol. The average molecular weight is 286 g/mol. The highest BCUT2D eigenvalue weighted by Gasteiger charge is 2.06. The summed E-state index contributed by atoms with van der Waals surface area (Å²) in [5, 5.41) is 1.67. The minimum absolute atomic E-state index is 0.637. The molecule has 0 bridgehead atoms. The number of benzene rings is 1. The molecule has 1 aromatic carbocycles. The van der Waals surface area contributed by atoms with Crippen molar-refractivity contribution in [2.24, 2.45) is 0 Å². The highest BCUT2D eigenvalue weighted by atomic mass is 79.9. The summed E-state index contributed by atoms with van der Waals surface area (Å²) >= 11 is 9.47. The van der Waals surface area contributed by atoms with Crippen molar-refractivity contribution in [1.29, 1.82) is 0 Å². The maximum atomic E-state index is 6.00. The molecule has 0 fully saturated rings. The van der Waals surface area contributed by atoms with Crippen molar-refractivity contribution < 1.29 is 0 Å². The molecule has 0 aliphatic rings. The van der Waals surface area contributed by atoms with Crippen LogP contribution in [0.4, 0.5) is 5.69 Å². The van der Waals surface area contributed by atoms with E-state index in [4.69, 9.17) is 11.6 Å². The molecule has 0 spiro atoms. The molecule has 4 heteroatoms. The molecule has 2 aromatic rings. The Labute approximate surface area is 102 Å². The number of hydrogen-bond donors (Lipinski definition) is 0. The first-order chi connectivity index (χ1) is 7.09. The van der Waals surface area contributed by atoms with Crippen LogP contribution >= 0.6 is 27.5 Å². The molecule has 0 aliphatic heterocycles. The summed E-state index contributed by atoms with van der Waals surface area (Å²) in [5.41, 5.74) is 2.07. The van der Waals surface area contributed by atoms with E-state index in [-0.39, 0.29) is 0 Å². The number of hydrogen-bond acceptors (Lipinski definition) is 2. The largest absolute Gasteiger partial charge is 0.378 e. The van der Waals surface area contributed by atoms with Gasteiger partial charge in [0, 0.05) is 35.8 Å². The summed E-state index contributed by atoms with van der Waals surface area (Å²) in [7, 11) is 4.01. The first kappa shape index (κ1) is 10.7. The van der Waals surface area contributed by atoms with E-state index >= 15 is 0 Å². The molecule has 0 unspecified atom stereocenters. The molecule has 2 rings (SSSR count). The molecule has 0 saturated heterocycles. The normalized spacial score (nSPS) is 10.7. The van der Waals surface area contributed by atoms with Crippen molar-refractivity contribution in [1.82, 2.24) is 4.98 Å². The van der Waals surface area contributed by atoms with Crippen LogP contribution in [0.3, 0.4) is 0 Å². The number of rotatable bonds is 1. The fourth-order valence-corrected chi connectivity index (χ4v) is 1.97. The van der Waals surface area contributed by atoms with Gasteiger partial charge in [0.05, 0.1) is 10.5 Å². The van der Waals surface area contributed by atoms with E-state index in [0.717, 1.165) is 21.1 Å². The highest BCUT2D eigenvalue weighted by molar-refractivity contribution is 9.10. The third kappa shape index (κ3) is 1.94. The van der Waals surface area contributed by atoms with E-state index in [0.29, 0.717) is 5.02 Å². The van der Waals surface area contributed by atoms with Crippen LogP contribution in [0.5, 0.6) is 0 Å². The van der Waals surface area contributed by atoms with Crippen LogP contribution in [0, 0.1) is 0 Å². The highest BCUT2D eigenvalue weighted by Crippen LogP contribution is 2.31. The van der Waals surface area contributed by atoms with Gasteiger partial charge in [0.25, 0.3) is 0 Å². The fraction of sp³-hybridized carbons (Fsp3) is 0.182. The van der Waals surface area contributed by atoms with Crippen LogP contribution < -0.4 is 4.90 Å². The SMILES string of the molecule is CN(C)c1ccc2ncc(Cl)c(Br)c2c1. The monoisotopic (exact) mass is 284 g/mol. The second-order valence-electron chi connectivity index (χ2n) is 3.52. The summed E-state index contributed by atoms with van der Waals surface area (Å²) in [6.07, 6.45) is 1.66. The smallest absolute Gasteiger partial charge is 0.0737 e. The Balaban J connectivity index is 2.73. The molecule has 0 amide bonds. The van der Waals surface area contributed by atoms with Gasteiger partial charge in [-0.2, -0.15) is 0 Å². The molecular weight excluding hydrogens is 275 g/mol. The molecule has 0 aliphatic carbocycles. The number of halogens is 2. The van der Waals surface area contributed by atoms with Crippen molar-refractivity contribution in [3.05, 3.63) is 33.9 Å². The van der Waals surface area contributed by atoms with E-state index in [1.54, 1.807) is 6.20 Å². The standard InChI is InChI=1S/C11H10BrClN2/c1-15(2)7-3-4-10-8(5-7)11(12)9(13)6-14-10/h3-6H,1-2H3. The Hall–Kier alpha value is -0.800. The van der Waals surface area contributed by atoms with E-state index < -0.39 is 0 Å². The van der Waals surface area contributed by atoms with Gasteiger partial charge < -0.3 is 4.90 Å². The van der Waals surface area contributed by atoms with Crippen molar-refractivity contribution in [2.45, 2.75) is 0 Å². The van der Waals surface area contributed by atoms with Gasteiger partial charge in [-0.05, 0) is 34.1 Å². The topological polar surface area (TPSA) is 16.1 Å². The Morgan fingerprint density at radius 2 is 2.07 bits per heavy atom. The summed E-state index contributed by atoms with van der Waals surface area (Å²) in [5.74, 6) is 0. The summed E-state index contributed by atoms with van der Waals surface area (Å²) in [6.45, 7) is 0. The Morgan fingerprint density at radius 3 is 2.73 bits per heavy atom. The van der Waals surface area contributed by atoms with E-state index in [2.05, 4.69) is 27.0 Å². The molecule has 0 N–H and O–H groups in total. The lowest BCUT2D eigenvalue weighted by Crippen LogP contribution is -2.08. The molecule has 1 aromatic heterocycles. The molecule has 1 heterocycles. The molecule has 2 nitrogen and oxygen atoms in total. The van der Waals surface area contributed by atoms with Crippen molar-refractivity contribution >= 4 is 44.1 Å². The molecule has 78 valence electrons. The minimum atomic E-state index is 0.637. The lowest BCUT2D eigenvalue weighted by atomic mass is 10.2. The molecule has 0 saturated carbocycles. The van der Waals surface area contributed by atoms with Crippen molar-refractivity contribution in [3.8, 4) is 0 Å². The number of fused-ring (bicyclic) bond motifs is 1. The van der Waals surface area contributed by atoms with Gasteiger partial charge >= 0.3 is 0 Å². The molecule has 0 radical (unpaired) electrons. The van der Waals surface area contributed by atoms with Gasteiger partial charge in [-0.15, -0.1) is 0 Å². The van der Waals surface area contributed by atoms with Crippen LogP contribution in [0.1, 0.15) is 0 Å². The van der Waals surface area contributed by atoms with Crippen LogP contribution in [-0.4, -0.2) is 19.1 Å². The Bertz CT molecular complexity index is 511. The number of aromatic nitrogens is 1. The van der Waals surface area contributed by atoms with E-state index in [1.807, 2.05) is 31.1 Å². The second-order valence-corrected chi connectivity index (χ2v) is 4.72. The van der Waals surface area contributed by atoms with E-state index in [9.17, 15) is 0 Å². The van der Waals surface area contributed by atoms with Crippen LogP contribution in [0.15, 0.2) is 28.9 Å². The van der Waals surface area contributed by atoms with Gasteiger partial charge in [0.15, 0.2) is 0 Å². The summed E-state index contributed by atoms with van der Waals surface area (Å²) < 4.78 is 0.901. The molecular formula is C11H10BrClN2. The van der Waals surface area contributed by atoms with Crippen LogP contribution in [-0.2, 0) is 0 Å². The number of nitrogens with zero attached hydrogens (tertiary/aromatic N) is 2. The Morgan fingerprint density at radius 1 is 1.33 bits per heavy atom. The quantitative estimate of drug-likeness (QED) is 0.794. The molecule has 0 atom stereocenters. The first-order valence-corrected chi connectivity index (χ1v) is 5.68. The van der Waals surface area contributed by atoms with Gasteiger partial charge in [0.1, 0.15) is 0 Å². The zero-order valence-corrected chi connectivity index (χ0v) is 10.8. The first-order valence-electron chi connectivity index (χ1n) is 4.50. The van der Waals surface area contributed by atoms with Crippen molar-refractivity contribution in [2.75, 3.05) is 19.0 Å². The maximum Gasteiger partial charge on any atom is 0.0737 e. The predicted octanol–water partition coefficient (Wildman–Crippen LogP) is 3.72.